The van der Waals surface area contributed by atoms with Gasteiger partial charge in [0.1, 0.15) is 25.1 Å². The number of anilines is 1. The summed E-state index contributed by atoms with van der Waals surface area (Å²) in [6, 6.07) is 6.43. The Labute approximate surface area is 182 Å². The SMILES string of the molecule is N#Cc1c(-c2ncc(NNC(CF)CF)cn2)n(C2CCC2)c2cc(CC(F)F)ccc12. The number of alkyl halides is 4. The molecule has 3 aromatic rings. The van der Waals surface area contributed by atoms with Crippen molar-refractivity contribution in [3.63, 3.8) is 0 Å². The summed E-state index contributed by atoms with van der Waals surface area (Å²) in [5, 5.41) is 10.6. The monoisotopic (exact) mass is 446 g/mol. The fourth-order valence-corrected chi connectivity index (χ4v) is 3.84. The summed E-state index contributed by atoms with van der Waals surface area (Å²) in [6.45, 7) is -1.74. The molecule has 1 saturated carbocycles. The van der Waals surface area contributed by atoms with Gasteiger partial charge in [0.2, 0.25) is 6.43 Å². The van der Waals surface area contributed by atoms with Gasteiger partial charge in [0.25, 0.3) is 0 Å². The van der Waals surface area contributed by atoms with Crippen molar-refractivity contribution < 1.29 is 17.6 Å². The summed E-state index contributed by atoms with van der Waals surface area (Å²) >= 11 is 0. The van der Waals surface area contributed by atoms with E-state index in [-0.39, 0.29) is 12.5 Å². The predicted octanol–water partition coefficient (Wildman–Crippen LogP) is 4.73. The van der Waals surface area contributed by atoms with Gasteiger partial charge in [-0.3, -0.25) is 0 Å². The lowest BCUT2D eigenvalue weighted by atomic mass is 9.92. The summed E-state index contributed by atoms with van der Waals surface area (Å²) in [5.41, 5.74) is 7.75. The number of benzene rings is 1. The number of rotatable bonds is 9. The number of hydrazine groups is 1. The molecule has 6 nitrogen and oxygen atoms in total. The predicted molar refractivity (Wildman–Crippen MR) is 113 cm³/mol. The Bertz CT molecular complexity index is 1110. The first-order chi connectivity index (χ1) is 15.5. The molecule has 0 spiro atoms. The Morgan fingerprint density at radius 2 is 1.88 bits per heavy atom. The van der Waals surface area contributed by atoms with Crippen LogP contribution >= 0.6 is 0 Å². The third-order valence-electron chi connectivity index (χ3n) is 5.67. The molecule has 0 aliphatic heterocycles. The molecule has 1 aromatic carbocycles. The number of aromatic nitrogens is 3. The molecule has 0 atom stereocenters. The minimum Gasteiger partial charge on any atom is -0.334 e. The highest BCUT2D eigenvalue weighted by molar-refractivity contribution is 5.94. The van der Waals surface area contributed by atoms with E-state index in [1.165, 1.54) is 12.4 Å². The largest absolute Gasteiger partial charge is 0.334 e. The van der Waals surface area contributed by atoms with Crippen LogP contribution in [0.1, 0.15) is 36.4 Å². The molecule has 0 amide bonds. The molecule has 0 bridgehead atoms. The van der Waals surface area contributed by atoms with Crippen LogP contribution in [0, 0.1) is 11.3 Å². The van der Waals surface area contributed by atoms with E-state index in [2.05, 4.69) is 26.9 Å². The van der Waals surface area contributed by atoms with Crippen molar-refractivity contribution in [3.8, 4) is 17.6 Å². The Morgan fingerprint density at radius 1 is 1.16 bits per heavy atom. The smallest absolute Gasteiger partial charge is 0.242 e. The van der Waals surface area contributed by atoms with E-state index in [1.54, 1.807) is 18.2 Å². The van der Waals surface area contributed by atoms with Crippen LogP contribution in [-0.2, 0) is 6.42 Å². The molecule has 32 heavy (non-hydrogen) atoms. The van der Waals surface area contributed by atoms with Crippen molar-refractivity contribution in [2.75, 3.05) is 18.8 Å². The Kier molecular flexibility index (Phi) is 6.55. The summed E-state index contributed by atoms with van der Waals surface area (Å²) in [6.07, 6.45) is 2.97. The van der Waals surface area contributed by atoms with E-state index < -0.39 is 25.8 Å². The quantitative estimate of drug-likeness (QED) is 0.367. The zero-order valence-corrected chi connectivity index (χ0v) is 17.2. The molecule has 168 valence electrons. The molecule has 1 fully saturated rings. The van der Waals surface area contributed by atoms with Crippen molar-refractivity contribution >= 4 is 16.6 Å². The minimum absolute atomic E-state index is 0.134. The van der Waals surface area contributed by atoms with Gasteiger partial charge in [-0.1, -0.05) is 12.1 Å². The van der Waals surface area contributed by atoms with Crippen LogP contribution in [0.25, 0.3) is 22.4 Å². The lowest BCUT2D eigenvalue weighted by molar-refractivity contribution is 0.149. The average Bonchev–Trinajstić information content (AvgIpc) is 3.06. The number of hydrogen-bond acceptors (Lipinski definition) is 5. The molecule has 1 aliphatic rings. The van der Waals surface area contributed by atoms with Gasteiger partial charge in [-0.15, -0.1) is 0 Å². The third-order valence-corrected chi connectivity index (χ3v) is 5.67. The zero-order valence-electron chi connectivity index (χ0n) is 17.2. The van der Waals surface area contributed by atoms with E-state index in [4.69, 9.17) is 0 Å². The topological polar surface area (TPSA) is 78.6 Å². The Hall–Kier alpha value is -3.19. The Balaban J connectivity index is 1.75. The maximum absolute atomic E-state index is 12.9. The number of nitrogens with zero attached hydrogens (tertiary/aromatic N) is 4. The molecule has 2 aromatic heterocycles. The highest BCUT2D eigenvalue weighted by Crippen LogP contribution is 2.42. The van der Waals surface area contributed by atoms with Gasteiger partial charge in [-0.05, 0) is 30.9 Å². The molecule has 0 saturated heterocycles. The minimum atomic E-state index is -2.46. The molecule has 1 aliphatic carbocycles. The summed E-state index contributed by atoms with van der Waals surface area (Å²) in [7, 11) is 0. The molecule has 0 unspecified atom stereocenters. The van der Waals surface area contributed by atoms with Gasteiger partial charge in [-0.25, -0.2) is 33.0 Å². The summed E-state index contributed by atoms with van der Waals surface area (Å²) in [5.74, 6) is 0.318. The Morgan fingerprint density at radius 3 is 2.44 bits per heavy atom. The summed E-state index contributed by atoms with van der Waals surface area (Å²) in [4.78, 5) is 8.72. The number of nitriles is 1. The molecular weight excluding hydrogens is 424 g/mol. The fraction of sp³-hybridized carbons (Fsp3) is 0.409. The van der Waals surface area contributed by atoms with Crippen LogP contribution in [0.4, 0.5) is 23.2 Å². The van der Waals surface area contributed by atoms with E-state index in [9.17, 15) is 22.8 Å². The second kappa shape index (κ2) is 9.53. The second-order valence-corrected chi connectivity index (χ2v) is 7.81. The van der Waals surface area contributed by atoms with Crippen molar-refractivity contribution in [2.24, 2.45) is 0 Å². The van der Waals surface area contributed by atoms with Gasteiger partial charge < -0.3 is 9.99 Å². The highest BCUT2D eigenvalue weighted by atomic mass is 19.3. The van der Waals surface area contributed by atoms with Crippen molar-refractivity contribution in [1.82, 2.24) is 20.0 Å². The van der Waals surface area contributed by atoms with E-state index in [0.717, 1.165) is 24.8 Å². The number of fused-ring (bicyclic) bond motifs is 1. The fourth-order valence-electron chi connectivity index (χ4n) is 3.84. The average molecular weight is 446 g/mol. The van der Waals surface area contributed by atoms with Crippen LogP contribution < -0.4 is 10.9 Å². The maximum atomic E-state index is 12.9. The van der Waals surface area contributed by atoms with E-state index in [1.807, 2.05) is 4.57 Å². The number of nitrogens with one attached hydrogen (secondary N) is 2. The van der Waals surface area contributed by atoms with Gasteiger partial charge in [0.05, 0.1) is 35.2 Å². The van der Waals surface area contributed by atoms with Crippen molar-refractivity contribution in [3.05, 3.63) is 41.7 Å². The zero-order chi connectivity index (χ0) is 22.7. The normalized spacial score (nSPS) is 14.2. The highest BCUT2D eigenvalue weighted by Gasteiger charge is 2.29. The van der Waals surface area contributed by atoms with Gasteiger partial charge >= 0.3 is 0 Å². The molecule has 10 heteroatoms. The first-order valence-corrected chi connectivity index (χ1v) is 10.4. The lowest BCUT2D eigenvalue weighted by Gasteiger charge is -2.29. The number of hydrogen-bond donors (Lipinski definition) is 2. The molecule has 0 radical (unpaired) electrons. The van der Waals surface area contributed by atoms with Gasteiger partial charge in [-0.2, -0.15) is 5.26 Å². The van der Waals surface area contributed by atoms with E-state index in [0.29, 0.717) is 33.7 Å². The van der Waals surface area contributed by atoms with Gasteiger partial charge in [0.15, 0.2) is 5.82 Å². The van der Waals surface area contributed by atoms with Crippen LogP contribution in [0.5, 0.6) is 0 Å². The second-order valence-electron chi connectivity index (χ2n) is 7.81. The first-order valence-electron chi connectivity index (χ1n) is 10.4. The number of halogens is 4. The molecule has 2 N–H and O–H groups in total. The molecule has 4 rings (SSSR count). The summed E-state index contributed by atoms with van der Waals surface area (Å²) < 4.78 is 53.1. The van der Waals surface area contributed by atoms with Crippen molar-refractivity contribution in [1.29, 1.82) is 5.26 Å². The third kappa shape index (κ3) is 4.25. The maximum Gasteiger partial charge on any atom is 0.242 e. The lowest BCUT2D eigenvalue weighted by Crippen LogP contribution is -2.37. The van der Waals surface area contributed by atoms with Crippen LogP contribution in [0.3, 0.4) is 0 Å². The van der Waals surface area contributed by atoms with Crippen LogP contribution in [-0.4, -0.2) is 40.4 Å². The molecule has 2 heterocycles. The van der Waals surface area contributed by atoms with E-state index >= 15 is 0 Å². The van der Waals surface area contributed by atoms with Crippen LogP contribution in [0.2, 0.25) is 0 Å². The molecular formula is C22H22F4N6. The first kappa shape index (κ1) is 22.0. The van der Waals surface area contributed by atoms with Gasteiger partial charge in [0, 0.05) is 17.8 Å². The van der Waals surface area contributed by atoms with Crippen molar-refractivity contribution in [2.45, 2.75) is 44.2 Å². The van der Waals surface area contributed by atoms with Crippen LogP contribution in [0.15, 0.2) is 30.6 Å². The standard InChI is InChI=1S/C22H22F4N6/c23-8-14(9-24)30-31-15-11-28-22(29-12-15)21-18(10-27)17-5-4-13(7-20(25)26)6-19(17)32(21)16-2-1-3-16/h4-6,11-12,14,16,20,30-31H,1-3,7-9H2.